The first-order valence-corrected chi connectivity index (χ1v) is 5.87. The number of hydrogen-bond donors (Lipinski definition) is 1. The second kappa shape index (κ2) is 6.43. The van der Waals surface area contributed by atoms with Crippen molar-refractivity contribution < 1.29 is 13.2 Å². The van der Waals surface area contributed by atoms with E-state index in [1.54, 1.807) is 11.9 Å². The fraction of sp³-hybridized carbons (Fsp3) is 0.462. The van der Waals surface area contributed by atoms with E-state index >= 15 is 0 Å². The zero-order valence-electron chi connectivity index (χ0n) is 10.9. The van der Waals surface area contributed by atoms with Gasteiger partial charge < -0.3 is 10.2 Å². The average molecular weight is 271 g/mol. The first kappa shape index (κ1) is 15.3. The van der Waals surface area contributed by atoms with Gasteiger partial charge in [0, 0.05) is 13.6 Å². The molecule has 0 atom stereocenters. The monoisotopic (exact) mass is 271 g/mol. The molecule has 0 aromatic heterocycles. The van der Waals surface area contributed by atoms with Crippen molar-refractivity contribution in [3.63, 3.8) is 0 Å². The van der Waals surface area contributed by atoms with Crippen molar-refractivity contribution in [1.82, 2.24) is 5.32 Å². The molecular formula is C13H16F3N3. The highest BCUT2D eigenvalue weighted by atomic mass is 19.4. The minimum absolute atomic E-state index is 0.0433. The van der Waals surface area contributed by atoms with Crippen molar-refractivity contribution in [2.75, 3.05) is 32.1 Å². The summed E-state index contributed by atoms with van der Waals surface area (Å²) >= 11 is 0. The highest BCUT2D eigenvalue weighted by Crippen LogP contribution is 2.32. The standard InChI is InChI=1S/C13H16F3N3/c1-18-6-3-7-19(2)12-5-4-11(13(14,15)16)8-10(12)9-17/h4-5,8,18H,3,6-7H2,1-2H3. The van der Waals surface area contributed by atoms with Crippen LogP contribution in [-0.4, -0.2) is 27.2 Å². The summed E-state index contributed by atoms with van der Waals surface area (Å²) in [5.74, 6) is 0. The van der Waals surface area contributed by atoms with E-state index in [0.717, 1.165) is 25.1 Å². The van der Waals surface area contributed by atoms with Gasteiger partial charge in [0.05, 0.1) is 16.8 Å². The number of nitrogens with zero attached hydrogens (tertiary/aromatic N) is 2. The first-order valence-electron chi connectivity index (χ1n) is 5.87. The van der Waals surface area contributed by atoms with Gasteiger partial charge in [0.15, 0.2) is 0 Å². The molecule has 0 bridgehead atoms. The molecule has 1 aromatic carbocycles. The maximum Gasteiger partial charge on any atom is 0.416 e. The minimum Gasteiger partial charge on any atom is -0.373 e. The van der Waals surface area contributed by atoms with Crippen LogP contribution < -0.4 is 10.2 Å². The summed E-state index contributed by atoms with van der Waals surface area (Å²) in [6.45, 7) is 1.48. The van der Waals surface area contributed by atoms with Crippen molar-refractivity contribution >= 4 is 5.69 Å². The Hall–Kier alpha value is -1.74. The van der Waals surface area contributed by atoms with Crippen LogP contribution in [0, 0.1) is 11.3 Å². The quantitative estimate of drug-likeness (QED) is 0.837. The van der Waals surface area contributed by atoms with Gasteiger partial charge in [-0.1, -0.05) is 0 Å². The second-order valence-electron chi connectivity index (χ2n) is 4.22. The van der Waals surface area contributed by atoms with Gasteiger partial charge >= 0.3 is 6.18 Å². The molecule has 0 fully saturated rings. The summed E-state index contributed by atoms with van der Waals surface area (Å²) in [7, 11) is 3.60. The molecule has 0 radical (unpaired) electrons. The topological polar surface area (TPSA) is 39.1 Å². The highest BCUT2D eigenvalue weighted by Gasteiger charge is 2.31. The number of anilines is 1. The van der Waals surface area contributed by atoms with Crippen molar-refractivity contribution in [1.29, 1.82) is 5.26 Å². The van der Waals surface area contributed by atoms with Crippen molar-refractivity contribution in [3.8, 4) is 6.07 Å². The zero-order chi connectivity index (χ0) is 14.5. The van der Waals surface area contributed by atoms with Gasteiger partial charge in [0.2, 0.25) is 0 Å². The van der Waals surface area contributed by atoms with Crippen LogP contribution in [0.3, 0.4) is 0 Å². The molecule has 0 aliphatic rings. The van der Waals surface area contributed by atoms with Gasteiger partial charge in [-0.3, -0.25) is 0 Å². The van der Waals surface area contributed by atoms with E-state index in [1.807, 2.05) is 13.1 Å². The minimum atomic E-state index is -4.42. The van der Waals surface area contributed by atoms with Gasteiger partial charge in [0.1, 0.15) is 6.07 Å². The molecule has 1 rings (SSSR count). The Morgan fingerprint density at radius 3 is 2.58 bits per heavy atom. The number of halogens is 3. The van der Waals surface area contributed by atoms with Gasteiger partial charge in [-0.15, -0.1) is 0 Å². The molecule has 104 valence electrons. The van der Waals surface area contributed by atoms with Gasteiger partial charge in [-0.2, -0.15) is 18.4 Å². The van der Waals surface area contributed by atoms with Crippen LogP contribution in [0.5, 0.6) is 0 Å². The van der Waals surface area contributed by atoms with Gasteiger partial charge in [-0.25, -0.2) is 0 Å². The van der Waals surface area contributed by atoms with E-state index in [9.17, 15) is 13.2 Å². The lowest BCUT2D eigenvalue weighted by Gasteiger charge is -2.21. The van der Waals surface area contributed by atoms with E-state index in [2.05, 4.69) is 5.32 Å². The lowest BCUT2D eigenvalue weighted by molar-refractivity contribution is -0.137. The number of benzene rings is 1. The Morgan fingerprint density at radius 2 is 2.05 bits per heavy atom. The third kappa shape index (κ3) is 4.14. The summed E-state index contributed by atoms with van der Waals surface area (Å²) in [4.78, 5) is 1.79. The number of nitrogens with one attached hydrogen (secondary N) is 1. The predicted octanol–water partition coefficient (Wildman–Crippen LogP) is 2.62. The van der Waals surface area contributed by atoms with Crippen molar-refractivity contribution in [3.05, 3.63) is 29.3 Å². The van der Waals surface area contributed by atoms with E-state index in [0.29, 0.717) is 12.2 Å². The summed E-state index contributed by atoms with van der Waals surface area (Å²) in [5, 5.41) is 12.0. The fourth-order valence-corrected chi connectivity index (χ4v) is 1.75. The molecule has 6 heteroatoms. The number of hydrogen-bond acceptors (Lipinski definition) is 3. The second-order valence-corrected chi connectivity index (χ2v) is 4.22. The lowest BCUT2D eigenvalue weighted by atomic mass is 10.1. The average Bonchev–Trinajstić information content (AvgIpc) is 2.37. The Kier molecular flexibility index (Phi) is 5.19. The largest absolute Gasteiger partial charge is 0.416 e. The molecule has 3 nitrogen and oxygen atoms in total. The molecule has 1 N–H and O–H groups in total. The SMILES string of the molecule is CNCCCN(C)c1ccc(C(F)(F)F)cc1C#N. The number of alkyl halides is 3. The van der Waals surface area contributed by atoms with Crippen LogP contribution in [0.25, 0.3) is 0 Å². The Labute approximate surface area is 110 Å². The molecule has 0 spiro atoms. The number of rotatable bonds is 5. The Bertz CT molecular complexity index is 463. The van der Waals surface area contributed by atoms with Crippen molar-refractivity contribution in [2.24, 2.45) is 0 Å². The molecular weight excluding hydrogens is 255 g/mol. The van der Waals surface area contributed by atoms with Crippen LogP contribution in [0.4, 0.5) is 18.9 Å². The van der Waals surface area contributed by atoms with Crippen LogP contribution in [0.1, 0.15) is 17.5 Å². The van der Waals surface area contributed by atoms with Crippen LogP contribution in [0.15, 0.2) is 18.2 Å². The maximum absolute atomic E-state index is 12.6. The maximum atomic E-state index is 12.6. The molecule has 0 unspecified atom stereocenters. The fourth-order valence-electron chi connectivity index (χ4n) is 1.75. The molecule has 0 aliphatic carbocycles. The molecule has 1 aromatic rings. The summed E-state index contributed by atoms with van der Waals surface area (Å²) in [6.07, 6.45) is -3.58. The van der Waals surface area contributed by atoms with E-state index in [1.165, 1.54) is 6.07 Å². The highest BCUT2D eigenvalue weighted by molar-refractivity contribution is 5.60. The smallest absolute Gasteiger partial charge is 0.373 e. The molecule has 0 heterocycles. The summed E-state index contributed by atoms with van der Waals surface area (Å²) in [5.41, 5.74) is -0.232. The summed E-state index contributed by atoms with van der Waals surface area (Å²) in [6, 6.07) is 5.07. The van der Waals surface area contributed by atoms with Gasteiger partial charge in [0.25, 0.3) is 0 Å². The lowest BCUT2D eigenvalue weighted by Crippen LogP contribution is -2.23. The molecule has 19 heavy (non-hydrogen) atoms. The van der Waals surface area contributed by atoms with Crippen LogP contribution >= 0.6 is 0 Å². The molecule has 0 saturated carbocycles. The molecule has 0 aliphatic heterocycles. The molecule has 0 amide bonds. The van der Waals surface area contributed by atoms with Gasteiger partial charge in [-0.05, 0) is 38.2 Å². The Morgan fingerprint density at radius 1 is 1.37 bits per heavy atom. The van der Waals surface area contributed by atoms with Crippen LogP contribution in [-0.2, 0) is 6.18 Å². The third-order valence-electron chi connectivity index (χ3n) is 2.78. The molecule has 0 saturated heterocycles. The Balaban J connectivity index is 2.94. The van der Waals surface area contributed by atoms with Crippen molar-refractivity contribution in [2.45, 2.75) is 12.6 Å². The normalized spacial score (nSPS) is 11.2. The van der Waals surface area contributed by atoms with E-state index in [4.69, 9.17) is 5.26 Å². The first-order chi connectivity index (χ1) is 8.90. The third-order valence-corrected chi connectivity index (χ3v) is 2.78. The predicted molar refractivity (Wildman–Crippen MR) is 68.0 cm³/mol. The van der Waals surface area contributed by atoms with Crippen LogP contribution in [0.2, 0.25) is 0 Å². The zero-order valence-corrected chi connectivity index (χ0v) is 10.9. The summed E-state index contributed by atoms with van der Waals surface area (Å²) < 4.78 is 37.7. The van der Waals surface area contributed by atoms with E-state index in [-0.39, 0.29) is 5.56 Å². The van der Waals surface area contributed by atoms with E-state index < -0.39 is 11.7 Å². The number of nitriles is 1.